The van der Waals surface area contributed by atoms with Crippen LogP contribution in [0.3, 0.4) is 0 Å². The number of hydrogen-bond acceptors (Lipinski definition) is 4. The number of methoxy groups -OCH3 is 1. The number of likely N-dealkylation sites (tertiary alicyclic amines) is 1. The Kier molecular flexibility index (Phi) is 3.98. The van der Waals surface area contributed by atoms with Crippen molar-refractivity contribution in [2.45, 2.75) is 25.0 Å². The van der Waals surface area contributed by atoms with Crippen molar-refractivity contribution < 1.29 is 19.4 Å². The quantitative estimate of drug-likeness (QED) is 0.898. The molecule has 0 saturated carbocycles. The molecule has 0 aliphatic carbocycles. The zero-order chi connectivity index (χ0) is 13.1. The fraction of sp³-hybridized carbons (Fsp3) is 0.500. The Bertz CT molecular complexity index is 431. The molecule has 0 radical (unpaired) electrons. The summed E-state index contributed by atoms with van der Waals surface area (Å²) in [7, 11) is 1.58. The maximum atomic E-state index is 12.2. The topological polar surface area (TPSA) is 66.8 Å². The van der Waals surface area contributed by atoms with Crippen molar-refractivity contribution in [1.82, 2.24) is 4.90 Å². The molecule has 2 atom stereocenters. The highest BCUT2D eigenvalue weighted by atomic mass is 32.1. The normalized spacial score (nSPS) is 23.3. The molecule has 1 saturated heterocycles. The van der Waals surface area contributed by atoms with Gasteiger partial charge in [0.25, 0.3) is 5.91 Å². The Morgan fingerprint density at radius 1 is 1.61 bits per heavy atom. The second kappa shape index (κ2) is 5.49. The van der Waals surface area contributed by atoms with Crippen LogP contribution in [0.25, 0.3) is 0 Å². The minimum absolute atomic E-state index is 0.0320. The third-order valence-corrected chi connectivity index (χ3v) is 3.83. The molecule has 0 aromatic carbocycles. The SMILES string of the molecule is COC1CC(CC(=O)O)N(C(=O)c2ccsc2)C1. The van der Waals surface area contributed by atoms with E-state index in [0.29, 0.717) is 18.5 Å². The average Bonchev–Trinajstić information content (AvgIpc) is 2.95. The molecule has 1 aliphatic heterocycles. The van der Waals surface area contributed by atoms with Crippen LogP contribution in [-0.2, 0) is 9.53 Å². The van der Waals surface area contributed by atoms with E-state index in [1.807, 2.05) is 5.38 Å². The molecule has 98 valence electrons. The van der Waals surface area contributed by atoms with Crippen LogP contribution in [-0.4, -0.2) is 47.7 Å². The maximum Gasteiger partial charge on any atom is 0.305 e. The number of amides is 1. The lowest BCUT2D eigenvalue weighted by Gasteiger charge is -2.22. The van der Waals surface area contributed by atoms with Gasteiger partial charge in [-0.2, -0.15) is 11.3 Å². The first-order valence-electron chi connectivity index (χ1n) is 5.69. The van der Waals surface area contributed by atoms with Crippen LogP contribution < -0.4 is 0 Å². The van der Waals surface area contributed by atoms with Gasteiger partial charge < -0.3 is 14.7 Å². The molecule has 1 aliphatic rings. The van der Waals surface area contributed by atoms with Crippen LogP contribution in [0.5, 0.6) is 0 Å². The first-order chi connectivity index (χ1) is 8.61. The predicted octanol–water partition coefficient (Wildman–Crippen LogP) is 1.45. The molecule has 6 heteroatoms. The molecule has 1 aromatic rings. The van der Waals surface area contributed by atoms with Gasteiger partial charge in [-0.25, -0.2) is 0 Å². The highest BCUT2D eigenvalue weighted by Gasteiger charge is 2.36. The highest BCUT2D eigenvalue weighted by molar-refractivity contribution is 7.08. The molecule has 0 bridgehead atoms. The summed E-state index contributed by atoms with van der Waals surface area (Å²) in [6.07, 6.45) is 0.478. The Morgan fingerprint density at radius 2 is 2.39 bits per heavy atom. The smallest absolute Gasteiger partial charge is 0.305 e. The second-order valence-corrected chi connectivity index (χ2v) is 5.09. The Labute approximate surface area is 109 Å². The van der Waals surface area contributed by atoms with Gasteiger partial charge in [-0.05, 0) is 17.9 Å². The van der Waals surface area contributed by atoms with E-state index in [4.69, 9.17) is 9.84 Å². The summed E-state index contributed by atoms with van der Waals surface area (Å²) in [5.41, 5.74) is 0.618. The van der Waals surface area contributed by atoms with E-state index in [2.05, 4.69) is 0 Å². The van der Waals surface area contributed by atoms with E-state index in [1.165, 1.54) is 11.3 Å². The van der Waals surface area contributed by atoms with Gasteiger partial charge in [0.05, 0.1) is 18.1 Å². The Hall–Kier alpha value is -1.40. The van der Waals surface area contributed by atoms with Crippen molar-refractivity contribution in [1.29, 1.82) is 0 Å². The molecule has 1 N–H and O–H groups in total. The first kappa shape index (κ1) is 13.0. The van der Waals surface area contributed by atoms with Crippen LogP contribution in [0.1, 0.15) is 23.2 Å². The van der Waals surface area contributed by atoms with Gasteiger partial charge in [0, 0.05) is 25.1 Å². The third-order valence-electron chi connectivity index (χ3n) is 3.15. The number of carboxylic acid groups (broad SMARTS) is 1. The number of aliphatic carboxylic acids is 1. The zero-order valence-corrected chi connectivity index (χ0v) is 10.9. The average molecular weight is 269 g/mol. The van der Waals surface area contributed by atoms with E-state index in [-0.39, 0.29) is 24.5 Å². The maximum absolute atomic E-state index is 12.2. The van der Waals surface area contributed by atoms with Crippen LogP contribution >= 0.6 is 11.3 Å². The van der Waals surface area contributed by atoms with E-state index < -0.39 is 5.97 Å². The molecule has 1 fully saturated rings. The number of nitrogens with zero attached hydrogens (tertiary/aromatic N) is 1. The summed E-state index contributed by atoms with van der Waals surface area (Å²) < 4.78 is 5.24. The standard InChI is InChI=1S/C12H15NO4S/c1-17-10-4-9(5-11(14)15)13(6-10)12(16)8-2-3-18-7-8/h2-3,7,9-10H,4-6H2,1H3,(H,14,15). The largest absolute Gasteiger partial charge is 0.481 e. The second-order valence-electron chi connectivity index (χ2n) is 4.31. The summed E-state index contributed by atoms with van der Waals surface area (Å²) in [4.78, 5) is 24.7. The molecular weight excluding hydrogens is 254 g/mol. The number of rotatable bonds is 4. The predicted molar refractivity (Wildman–Crippen MR) is 66.8 cm³/mol. The Balaban J connectivity index is 2.13. The lowest BCUT2D eigenvalue weighted by atomic mass is 10.1. The fourth-order valence-corrected chi connectivity index (χ4v) is 2.87. The summed E-state index contributed by atoms with van der Waals surface area (Å²) in [6, 6.07) is 1.48. The fourth-order valence-electron chi connectivity index (χ4n) is 2.24. The molecule has 1 aromatic heterocycles. The molecule has 5 nitrogen and oxygen atoms in total. The van der Waals surface area contributed by atoms with Gasteiger partial charge in [0.1, 0.15) is 0 Å². The van der Waals surface area contributed by atoms with Crippen LogP contribution in [0.4, 0.5) is 0 Å². The highest BCUT2D eigenvalue weighted by Crippen LogP contribution is 2.25. The van der Waals surface area contributed by atoms with Crippen molar-refractivity contribution in [3.8, 4) is 0 Å². The lowest BCUT2D eigenvalue weighted by Crippen LogP contribution is -2.37. The molecule has 2 rings (SSSR count). The molecule has 18 heavy (non-hydrogen) atoms. The molecule has 0 spiro atoms. The molecule has 2 unspecified atom stereocenters. The van der Waals surface area contributed by atoms with Crippen molar-refractivity contribution in [2.75, 3.05) is 13.7 Å². The number of carbonyl (C=O) groups excluding carboxylic acids is 1. The molecular formula is C12H15NO4S. The van der Waals surface area contributed by atoms with Gasteiger partial charge in [-0.3, -0.25) is 9.59 Å². The van der Waals surface area contributed by atoms with Gasteiger partial charge in [0.2, 0.25) is 0 Å². The molecule has 1 amide bonds. The number of thiophene rings is 1. The van der Waals surface area contributed by atoms with E-state index in [1.54, 1.807) is 23.5 Å². The van der Waals surface area contributed by atoms with E-state index in [9.17, 15) is 9.59 Å². The van der Waals surface area contributed by atoms with Gasteiger partial charge >= 0.3 is 5.97 Å². The van der Waals surface area contributed by atoms with Crippen molar-refractivity contribution in [2.24, 2.45) is 0 Å². The van der Waals surface area contributed by atoms with Crippen LogP contribution in [0, 0.1) is 0 Å². The van der Waals surface area contributed by atoms with Gasteiger partial charge in [-0.15, -0.1) is 0 Å². The minimum Gasteiger partial charge on any atom is -0.481 e. The Morgan fingerprint density at radius 3 is 2.94 bits per heavy atom. The summed E-state index contributed by atoms with van der Waals surface area (Å²) in [5, 5.41) is 12.5. The summed E-state index contributed by atoms with van der Waals surface area (Å²) in [6.45, 7) is 0.461. The minimum atomic E-state index is -0.889. The van der Waals surface area contributed by atoms with Crippen molar-refractivity contribution in [3.05, 3.63) is 22.4 Å². The monoisotopic (exact) mass is 269 g/mol. The summed E-state index contributed by atoms with van der Waals surface area (Å²) >= 11 is 1.45. The number of hydrogen-bond donors (Lipinski definition) is 1. The van der Waals surface area contributed by atoms with Crippen LogP contribution in [0.15, 0.2) is 16.8 Å². The zero-order valence-electron chi connectivity index (χ0n) is 10.0. The van der Waals surface area contributed by atoms with Crippen molar-refractivity contribution in [3.63, 3.8) is 0 Å². The number of carbonyl (C=O) groups is 2. The number of carboxylic acids is 1. The summed E-state index contributed by atoms with van der Waals surface area (Å²) in [5.74, 6) is -0.998. The lowest BCUT2D eigenvalue weighted by molar-refractivity contribution is -0.137. The molecule has 2 heterocycles. The first-order valence-corrected chi connectivity index (χ1v) is 6.64. The third kappa shape index (κ3) is 2.70. The van der Waals surface area contributed by atoms with E-state index >= 15 is 0 Å². The number of ether oxygens (including phenoxy) is 1. The van der Waals surface area contributed by atoms with E-state index in [0.717, 1.165) is 0 Å². The van der Waals surface area contributed by atoms with Gasteiger partial charge in [-0.1, -0.05) is 0 Å². The van der Waals surface area contributed by atoms with Crippen LogP contribution in [0.2, 0.25) is 0 Å². The van der Waals surface area contributed by atoms with Crippen molar-refractivity contribution >= 4 is 23.2 Å². The van der Waals surface area contributed by atoms with Gasteiger partial charge in [0.15, 0.2) is 0 Å².